The predicted molar refractivity (Wildman–Crippen MR) is 29.7 cm³/mol. The fraction of sp³-hybridized carbons (Fsp3) is 1.00. The normalized spacial score (nSPS) is 66.0. The van der Waals surface area contributed by atoms with E-state index in [-0.39, 0.29) is 13.7 Å². The molecule has 44 valence electrons. The van der Waals surface area contributed by atoms with Gasteiger partial charge in [-0.1, -0.05) is 0 Å². The first-order valence-electron chi connectivity index (χ1n) is 3.06. The van der Waals surface area contributed by atoms with Crippen molar-refractivity contribution in [3.05, 3.63) is 0 Å². The largest absolute Gasteiger partial charge is 0.333 e. The molecule has 0 radical (unpaired) electrons. The van der Waals surface area contributed by atoms with Crippen molar-refractivity contribution in [2.24, 2.45) is 0 Å². The molecule has 3 rings (SSSR count). The molecule has 3 heterocycles. The summed E-state index contributed by atoms with van der Waals surface area (Å²) in [5, 5.41) is 0. The van der Waals surface area contributed by atoms with Gasteiger partial charge in [0.2, 0.25) is 5.53 Å². The molecule has 0 aromatic rings. The third kappa shape index (κ3) is 0.307. The average molecular weight is 130 g/mol. The third-order valence-corrected chi connectivity index (χ3v) is 4.27. The van der Waals surface area contributed by atoms with Gasteiger partial charge in [0.05, 0.1) is 8.15 Å². The summed E-state index contributed by atoms with van der Waals surface area (Å²) < 4.78 is 10.7. The standard InChI is InChI=1S/C5H7O2P/c1-2-4-5(6-4)7-8(5)3-1/h4H,1-3H2. The molecular formula is C5H7O2P. The smallest absolute Gasteiger partial charge is 0.243 e. The van der Waals surface area contributed by atoms with Crippen molar-refractivity contribution in [2.75, 3.05) is 6.16 Å². The monoisotopic (exact) mass is 130 g/mol. The average Bonchev–Trinajstić information content (AvgIpc) is 2.45. The molecule has 0 amide bonds. The van der Waals surface area contributed by atoms with Gasteiger partial charge >= 0.3 is 0 Å². The third-order valence-electron chi connectivity index (χ3n) is 2.04. The SMILES string of the molecule is C1CC2OC23OP3C1. The first kappa shape index (κ1) is 4.21. The van der Waals surface area contributed by atoms with Crippen LogP contribution in [0, 0.1) is 0 Å². The summed E-state index contributed by atoms with van der Waals surface area (Å²) in [7, 11) is -0.0552. The van der Waals surface area contributed by atoms with Gasteiger partial charge in [-0.25, -0.2) is 0 Å². The minimum atomic E-state index is -0.0552. The van der Waals surface area contributed by atoms with Gasteiger partial charge in [0.1, 0.15) is 6.10 Å². The maximum Gasteiger partial charge on any atom is 0.243 e. The second-order valence-corrected chi connectivity index (χ2v) is 4.58. The molecule has 0 aromatic heterocycles. The van der Waals surface area contributed by atoms with Gasteiger partial charge in [-0.3, -0.25) is 0 Å². The highest BCUT2D eigenvalue weighted by Crippen LogP contribution is 2.83. The lowest BCUT2D eigenvalue weighted by molar-refractivity contribution is 0.254. The van der Waals surface area contributed by atoms with Gasteiger partial charge in [0.15, 0.2) is 0 Å². The quantitative estimate of drug-likeness (QED) is 0.364. The molecule has 0 aromatic carbocycles. The molecule has 2 nitrogen and oxygen atoms in total. The van der Waals surface area contributed by atoms with Crippen molar-refractivity contribution >= 4 is 8.15 Å². The lowest BCUT2D eigenvalue weighted by atomic mass is 10.2. The Balaban J connectivity index is 1.95. The number of rotatable bonds is 0. The number of ether oxygens (including phenoxy) is 1. The number of hydrogen-bond acceptors (Lipinski definition) is 2. The van der Waals surface area contributed by atoms with Crippen LogP contribution in [0.5, 0.6) is 0 Å². The minimum absolute atomic E-state index is 0.0552. The van der Waals surface area contributed by atoms with E-state index >= 15 is 0 Å². The first-order chi connectivity index (χ1) is 3.92. The molecule has 0 saturated carbocycles. The second-order valence-electron chi connectivity index (χ2n) is 2.57. The van der Waals surface area contributed by atoms with Crippen molar-refractivity contribution in [1.29, 1.82) is 0 Å². The van der Waals surface area contributed by atoms with Crippen molar-refractivity contribution in [2.45, 2.75) is 24.5 Å². The summed E-state index contributed by atoms with van der Waals surface area (Å²) in [6.07, 6.45) is 4.41. The molecule has 3 aliphatic rings. The Morgan fingerprint density at radius 2 is 2.62 bits per heavy atom. The van der Waals surface area contributed by atoms with Crippen LogP contribution in [0.2, 0.25) is 0 Å². The van der Waals surface area contributed by atoms with Crippen LogP contribution in [0.1, 0.15) is 12.8 Å². The summed E-state index contributed by atoms with van der Waals surface area (Å²) in [6.45, 7) is 0. The van der Waals surface area contributed by atoms with Crippen molar-refractivity contribution in [3.8, 4) is 0 Å². The zero-order valence-electron chi connectivity index (χ0n) is 4.46. The van der Waals surface area contributed by atoms with E-state index in [2.05, 4.69) is 0 Å². The number of epoxide rings is 1. The van der Waals surface area contributed by atoms with Gasteiger partial charge in [-0.2, -0.15) is 0 Å². The van der Waals surface area contributed by atoms with E-state index in [0.717, 1.165) is 0 Å². The zero-order valence-corrected chi connectivity index (χ0v) is 5.36. The fourth-order valence-electron chi connectivity index (χ4n) is 1.47. The lowest BCUT2D eigenvalue weighted by Crippen LogP contribution is -1.98. The molecule has 3 unspecified atom stereocenters. The Kier molecular flexibility index (Phi) is 0.518. The van der Waals surface area contributed by atoms with Crippen molar-refractivity contribution in [3.63, 3.8) is 0 Å². The molecular weight excluding hydrogens is 123 g/mol. The highest BCUT2D eigenvalue weighted by molar-refractivity contribution is 7.60. The topological polar surface area (TPSA) is 25.1 Å². The van der Waals surface area contributed by atoms with Crippen molar-refractivity contribution in [1.82, 2.24) is 0 Å². The Labute approximate surface area is 49.0 Å². The highest BCUT2D eigenvalue weighted by atomic mass is 31.2. The van der Waals surface area contributed by atoms with E-state index in [1.54, 1.807) is 0 Å². The minimum Gasteiger partial charge on any atom is -0.333 e. The van der Waals surface area contributed by atoms with Crippen LogP contribution in [0.4, 0.5) is 0 Å². The van der Waals surface area contributed by atoms with E-state index < -0.39 is 0 Å². The van der Waals surface area contributed by atoms with Crippen LogP contribution >= 0.6 is 8.15 Å². The van der Waals surface area contributed by atoms with Crippen molar-refractivity contribution < 1.29 is 9.26 Å². The van der Waals surface area contributed by atoms with E-state index in [1.807, 2.05) is 0 Å². The lowest BCUT2D eigenvalue weighted by Gasteiger charge is -1.95. The van der Waals surface area contributed by atoms with Gasteiger partial charge < -0.3 is 9.26 Å². The maximum absolute atomic E-state index is 5.38. The molecule has 1 spiro atoms. The predicted octanol–water partition coefficient (Wildman–Crippen LogP) is 1.26. The summed E-state index contributed by atoms with van der Waals surface area (Å²) >= 11 is 0. The molecule has 3 saturated heterocycles. The second kappa shape index (κ2) is 0.985. The summed E-state index contributed by atoms with van der Waals surface area (Å²) in [4.78, 5) is 0. The summed E-state index contributed by atoms with van der Waals surface area (Å²) in [5.41, 5.74) is 0.0770. The van der Waals surface area contributed by atoms with Gasteiger partial charge in [0, 0.05) is 0 Å². The molecule has 0 bridgehead atoms. The van der Waals surface area contributed by atoms with E-state index in [4.69, 9.17) is 9.26 Å². The van der Waals surface area contributed by atoms with Crippen LogP contribution < -0.4 is 0 Å². The Morgan fingerprint density at radius 1 is 1.62 bits per heavy atom. The van der Waals surface area contributed by atoms with E-state index in [0.29, 0.717) is 6.10 Å². The molecule has 3 aliphatic heterocycles. The van der Waals surface area contributed by atoms with E-state index in [1.165, 1.54) is 19.0 Å². The first-order valence-corrected chi connectivity index (χ1v) is 4.51. The van der Waals surface area contributed by atoms with Crippen LogP contribution in [-0.2, 0) is 9.26 Å². The Hall–Kier alpha value is 0.350. The molecule has 0 aliphatic carbocycles. The van der Waals surface area contributed by atoms with Crippen LogP contribution in [-0.4, -0.2) is 17.8 Å². The van der Waals surface area contributed by atoms with Gasteiger partial charge in [0.25, 0.3) is 0 Å². The maximum atomic E-state index is 5.38. The Bertz CT molecular complexity index is 127. The molecule has 0 N–H and O–H groups in total. The van der Waals surface area contributed by atoms with Gasteiger partial charge in [-0.15, -0.1) is 0 Å². The highest BCUT2D eigenvalue weighted by Gasteiger charge is 2.78. The summed E-state index contributed by atoms with van der Waals surface area (Å²) in [6, 6.07) is 0. The molecule has 3 atom stereocenters. The van der Waals surface area contributed by atoms with Crippen LogP contribution in [0.25, 0.3) is 0 Å². The van der Waals surface area contributed by atoms with Gasteiger partial charge in [-0.05, 0) is 19.0 Å². The van der Waals surface area contributed by atoms with E-state index in [9.17, 15) is 0 Å². The molecule has 3 heteroatoms. The number of hydrogen-bond donors (Lipinski definition) is 0. The van der Waals surface area contributed by atoms with Crippen LogP contribution in [0.15, 0.2) is 0 Å². The van der Waals surface area contributed by atoms with Crippen LogP contribution in [0.3, 0.4) is 0 Å². The summed E-state index contributed by atoms with van der Waals surface area (Å²) in [5.74, 6) is 0. The molecule has 8 heavy (non-hydrogen) atoms. The molecule has 3 fully saturated rings. The Morgan fingerprint density at radius 3 is 3.38 bits per heavy atom. The zero-order chi connectivity index (χ0) is 5.19. The fourth-order valence-corrected chi connectivity index (χ4v) is 3.65.